The molecule has 0 aliphatic carbocycles. The van der Waals surface area contributed by atoms with E-state index < -0.39 is 10.0 Å². The van der Waals surface area contributed by atoms with Gasteiger partial charge in [0.25, 0.3) is 0 Å². The number of benzene rings is 1. The molecule has 6 nitrogen and oxygen atoms in total. The molecule has 1 aliphatic rings. The molecule has 9 heteroatoms. The van der Waals surface area contributed by atoms with Crippen molar-refractivity contribution in [2.75, 3.05) is 26.2 Å². The SMILES string of the molecule is O=C(C[C@@H](c1ccsc1)n1cccc1)N1CCN(S(=O)(=O)c2ccc(Cl)cc2)CC1. The van der Waals surface area contributed by atoms with E-state index in [1.165, 1.54) is 16.4 Å². The molecule has 158 valence electrons. The van der Waals surface area contributed by atoms with Crippen molar-refractivity contribution in [3.8, 4) is 0 Å². The average molecular weight is 464 g/mol. The van der Waals surface area contributed by atoms with E-state index >= 15 is 0 Å². The molecule has 0 radical (unpaired) electrons. The van der Waals surface area contributed by atoms with Gasteiger partial charge in [0.15, 0.2) is 0 Å². The highest BCUT2D eigenvalue weighted by Crippen LogP contribution is 2.26. The monoisotopic (exact) mass is 463 g/mol. The molecule has 3 aromatic rings. The number of carbonyl (C=O) groups excluding carboxylic acids is 1. The van der Waals surface area contributed by atoms with Crippen LogP contribution in [0.15, 0.2) is 70.5 Å². The number of sulfonamides is 1. The maximum Gasteiger partial charge on any atom is 0.243 e. The fourth-order valence-electron chi connectivity index (χ4n) is 3.64. The van der Waals surface area contributed by atoms with Crippen LogP contribution in [-0.4, -0.2) is 54.3 Å². The first-order chi connectivity index (χ1) is 14.4. The Labute approximate surface area is 185 Å². The number of amides is 1. The molecule has 1 saturated heterocycles. The minimum absolute atomic E-state index is 0.0310. The lowest BCUT2D eigenvalue weighted by molar-refractivity contribution is -0.133. The number of carbonyl (C=O) groups is 1. The van der Waals surface area contributed by atoms with Crippen LogP contribution >= 0.6 is 22.9 Å². The Balaban J connectivity index is 1.41. The number of rotatable bonds is 6. The van der Waals surface area contributed by atoms with Crippen LogP contribution in [-0.2, 0) is 14.8 Å². The first kappa shape index (κ1) is 21.1. The molecule has 0 unspecified atom stereocenters. The van der Waals surface area contributed by atoms with Crippen molar-refractivity contribution in [3.05, 3.63) is 76.2 Å². The molecule has 3 heterocycles. The predicted molar refractivity (Wildman–Crippen MR) is 118 cm³/mol. The number of hydrogen-bond donors (Lipinski definition) is 0. The summed E-state index contributed by atoms with van der Waals surface area (Å²) in [6.45, 7) is 1.33. The number of piperazine rings is 1. The van der Waals surface area contributed by atoms with Gasteiger partial charge in [-0.1, -0.05) is 11.6 Å². The molecule has 0 bridgehead atoms. The van der Waals surface area contributed by atoms with Crippen molar-refractivity contribution < 1.29 is 13.2 Å². The molecule has 30 heavy (non-hydrogen) atoms. The minimum Gasteiger partial charge on any atom is -0.346 e. The van der Waals surface area contributed by atoms with E-state index in [0.717, 1.165) is 5.56 Å². The van der Waals surface area contributed by atoms with E-state index in [1.807, 2.05) is 40.5 Å². The van der Waals surface area contributed by atoms with Gasteiger partial charge in [-0.3, -0.25) is 4.79 Å². The van der Waals surface area contributed by atoms with Crippen molar-refractivity contribution in [3.63, 3.8) is 0 Å². The topological polar surface area (TPSA) is 62.6 Å². The van der Waals surface area contributed by atoms with Gasteiger partial charge in [-0.2, -0.15) is 15.6 Å². The van der Waals surface area contributed by atoms with Crippen LogP contribution in [0.3, 0.4) is 0 Å². The van der Waals surface area contributed by atoms with Crippen LogP contribution in [0, 0.1) is 0 Å². The largest absolute Gasteiger partial charge is 0.346 e. The summed E-state index contributed by atoms with van der Waals surface area (Å²) in [4.78, 5) is 15.0. The molecule has 0 saturated carbocycles. The van der Waals surface area contributed by atoms with Gasteiger partial charge in [0.1, 0.15) is 0 Å². The lowest BCUT2D eigenvalue weighted by Crippen LogP contribution is -2.50. The summed E-state index contributed by atoms with van der Waals surface area (Å²) in [5, 5.41) is 4.57. The average Bonchev–Trinajstić information content (AvgIpc) is 3.47. The third kappa shape index (κ3) is 4.46. The Morgan fingerprint density at radius 2 is 1.70 bits per heavy atom. The smallest absolute Gasteiger partial charge is 0.243 e. The predicted octanol–water partition coefficient (Wildman–Crippen LogP) is 3.72. The summed E-state index contributed by atoms with van der Waals surface area (Å²) < 4.78 is 29.2. The Hall–Kier alpha value is -2.13. The minimum atomic E-state index is -3.59. The Morgan fingerprint density at radius 1 is 1.03 bits per heavy atom. The van der Waals surface area contributed by atoms with Crippen LogP contribution in [0.1, 0.15) is 18.0 Å². The van der Waals surface area contributed by atoms with Crippen molar-refractivity contribution in [1.29, 1.82) is 0 Å². The maximum absolute atomic E-state index is 13.0. The van der Waals surface area contributed by atoms with Gasteiger partial charge in [-0.25, -0.2) is 8.42 Å². The molecule has 0 N–H and O–H groups in total. The quantitative estimate of drug-likeness (QED) is 0.559. The molecule has 1 aromatic carbocycles. The Morgan fingerprint density at radius 3 is 2.30 bits per heavy atom. The lowest BCUT2D eigenvalue weighted by Gasteiger charge is -2.34. The van der Waals surface area contributed by atoms with Crippen LogP contribution in [0.2, 0.25) is 5.02 Å². The third-order valence-corrected chi connectivity index (χ3v) is 8.19. The van der Waals surface area contributed by atoms with E-state index in [4.69, 9.17) is 11.6 Å². The number of thiophene rings is 1. The van der Waals surface area contributed by atoms with Gasteiger partial charge in [-0.05, 0) is 58.8 Å². The van der Waals surface area contributed by atoms with Gasteiger partial charge in [0, 0.05) is 43.6 Å². The second kappa shape index (κ2) is 8.93. The van der Waals surface area contributed by atoms with Crippen molar-refractivity contribution in [2.45, 2.75) is 17.4 Å². The van der Waals surface area contributed by atoms with Gasteiger partial charge in [-0.15, -0.1) is 0 Å². The normalized spacial score (nSPS) is 16.5. The fraction of sp³-hybridized carbons (Fsp3) is 0.286. The first-order valence-corrected chi connectivity index (χ1v) is 12.4. The van der Waals surface area contributed by atoms with Crippen LogP contribution < -0.4 is 0 Å². The summed E-state index contributed by atoms with van der Waals surface area (Å²) in [7, 11) is -3.59. The van der Waals surface area contributed by atoms with Gasteiger partial charge >= 0.3 is 0 Å². The maximum atomic E-state index is 13.0. The van der Waals surface area contributed by atoms with E-state index in [9.17, 15) is 13.2 Å². The summed E-state index contributed by atoms with van der Waals surface area (Å²) in [6, 6.07) is 12.0. The summed E-state index contributed by atoms with van der Waals surface area (Å²) in [5.74, 6) is 0.0310. The van der Waals surface area contributed by atoms with Crippen molar-refractivity contribution in [2.24, 2.45) is 0 Å². The van der Waals surface area contributed by atoms with Crippen molar-refractivity contribution >= 4 is 38.9 Å². The first-order valence-electron chi connectivity index (χ1n) is 9.63. The highest BCUT2D eigenvalue weighted by molar-refractivity contribution is 7.89. The van der Waals surface area contributed by atoms with E-state index in [-0.39, 0.29) is 29.9 Å². The Kier molecular flexibility index (Phi) is 6.29. The third-order valence-electron chi connectivity index (χ3n) is 5.33. The van der Waals surface area contributed by atoms with Crippen LogP contribution in [0.25, 0.3) is 0 Å². The summed E-state index contributed by atoms with van der Waals surface area (Å²) in [5.41, 5.74) is 1.11. The summed E-state index contributed by atoms with van der Waals surface area (Å²) in [6.07, 6.45) is 4.27. The zero-order valence-electron chi connectivity index (χ0n) is 16.2. The molecule has 1 atom stereocenters. The molecular formula is C21H22ClN3O3S2. The lowest BCUT2D eigenvalue weighted by atomic mass is 10.1. The van der Waals surface area contributed by atoms with E-state index in [1.54, 1.807) is 28.4 Å². The highest BCUT2D eigenvalue weighted by Gasteiger charge is 2.31. The second-order valence-corrected chi connectivity index (χ2v) is 10.3. The number of halogens is 1. The molecule has 4 rings (SSSR count). The highest BCUT2D eigenvalue weighted by atomic mass is 35.5. The molecule has 1 amide bonds. The summed E-state index contributed by atoms with van der Waals surface area (Å²) >= 11 is 7.47. The van der Waals surface area contributed by atoms with Gasteiger partial charge in [0.2, 0.25) is 15.9 Å². The van der Waals surface area contributed by atoms with Gasteiger partial charge < -0.3 is 9.47 Å². The molecule has 1 aliphatic heterocycles. The molecule has 2 aromatic heterocycles. The zero-order valence-corrected chi connectivity index (χ0v) is 18.6. The zero-order chi connectivity index (χ0) is 21.1. The molecule has 1 fully saturated rings. The molecule has 0 spiro atoms. The van der Waals surface area contributed by atoms with Crippen molar-refractivity contribution in [1.82, 2.24) is 13.8 Å². The van der Waals surface area contributed by atoms with Crippen LogP contribution in [0.5, 0.6) is 0 Å². The standard InChI is InChI=1S/C21H22ClN3O3S2/c22-18-3-5-19(6-4-18)30(27,28)25-12-10-24(11-13-25)21(26)15-20(17-7-14-29-16-17)23-8-1-2-9-23/h1-9,14,16,20H,10-13,15H2/t20-/m0/s1. The second-order valence-electron chi connectivity index (χ2n) is 7.15. The van der Waals surface area contributed by atoms with E-state index in [0.29, 0.717) is 24.5 Å². The fourth-order valence-corrected chi connectivity index (χ4v) is 5.90. The van der Waals surface area contributed by atoms with Gasteiger partial charge in [0.05, 0.1) is 17.4 Å². The number of aromatic nitrogens is 1. The number of hydrogen-bond acceptors (Lipinski definition) is 4. The molecular weight excluding hydrogens is 442 g/mol. The Bertz CT molecular complexity index is 1040. The number of nitrogens with zero attached hydrogens (tertiary/aromatic N) is 3. The van der Waals surface area contributed by atoms with E-state index in [2.05, 4.69) is 5.38 Å². The van der Waals surface area contributed by atoms with Crippen LogP contribution in [0.4, 0.5) is 0 Å².